The van der Waals surface area contributed by atoms with Crippen LogP contribution in [0.4, 0.5) is 21.3 Å². The quantitative estimate of drug-likeness (QED) is 0.728. The number of aromatic nitrogens is 3. The van der Waals surface area contributed by atoms with Crippen LogP contribution >= 0.6 is 11.3 Å². The maximum Gasteiger partial charge on any atom is 0.420 e. The van der Waals surface area contributed by atoms with Crippen molar-refractivity contribution < 1.29 is 9.53 Å². The number of thiazole rings is 1. The summed E-state index contributed by atoms with van der Waals surface area (Å²) in [5.74, 6) is 0.189. The highest BCUT2D eigenvalue weighted by atomic mass is 32.1. The fourth-order valence-corrected chi connectivity index (χ4v) is 2.73. The van der Waals surface area contributed by atoms with Gasteiger partial charge in [-0.3, -0.25) is 10.3 Å². The molecular weight excluding hydrogens is 338 g/mol. The number of carbonyl (C=O) groups excluding carboxylic acids is 1. The van der Waals surface area contributed by atoms with E-state index in [1.54, 1.807) is 12.4 Å². The van der Waals surface area contributed by atoms with Crippen LogP contribution in [-0.4, -0.2) is 21.0 Å². The lowest BCUT2D eigenvalue weighted by Crippen LogP contribution is -2.18. The summed E-state index contributed by atoms with van der Waals surface area (Å²) in [6, 6.07) is 5.54. The maximum atomic E-state index is 12.1. The van der Waals surface area contributed by atoms with E-state index in [9.17, 15) is 4.79 Å². The third-order valence-corrected chi connectivity index (χ3v) is 4.20. The van der Waals surface area contributed by atoms with Gasteiger partial charge in [0.25, 0.3) is 0 Å². The summed E-state index contributed by atoms with van der Waals surface area (Å²) in [6.07, 6.45) is 2.78. The van der Waals surface area contributed by atoms with Crippen LogP contribution in [-0.2, 0) is 0 Å². The Morgan fingerprint density at radius 1 is 1.08 bits per heavy atom. The van der Waals surface area contributed by atoms with Gasteiger partial charge >= 0.3 is 6.09 Å². The molecule has 0 fully saturated rings. The lowest BCUT2D eigenvalue weighted by molar-refractivity contribution is 0.213. The van der Waals surface area contributed by atoms with Gasteiger partial charge in [0.05, 0.1) is 17.6 Å². The summed E-state index contributed by atoms with van der Waals surface area (Å²) in [5.41, 5.74) is 3.98. The Bertz CT molecular complexity index is 910. The monoisotopic (exact) mass is 355 g/mol. The number of hydrogen-bond donors (Lipinski definition) is 2. The van der Waals surface area contributed by atoms with Crippen molar-refractivity contribution in [3.05, 3.63) is 52.9 Å². The molecule has 3 rings (SSSR count). The molecule has 0 aromatic carbocycles. The summed E-state index contributed by atoms with van der Waals surface area (Å²) in [5, 5.41) is 8.12. The van der Waals surface area contributed by atoms with Gasteiger partial charge in [-0.2, -0.15) is 0 Å². The van der Waals surface area contributed by atoms with Crippen LogP contribution in [0.1, 0.15) is 17.0 Å². The molecule has 3 aromatic heterocycles. The summed E-state index contributed by atoms with van der Waals surface area (Å²) >= 11 is 1.33. The van der Waals surface area contributed by atoms with Gasteiger partial charge in [0, 0.05) is 17.3 Å². The molecule has 0 saturated carbocycles. The van der Waals surface area contributed by atoms with E-state index >= 15 is 0 Å². The van der Waals surface area contributed by atoms with Crippen molar-refractivity contribution in [3.63, 3.8) is 0 Å². The molecule has 0 saturated heterocycles. The molecular formula is C17H17N5O2S. The third kappa shape index (κ3) is 4.30. The molecule has 0 unspecified atom stereocenters. The normalized spacial score (nSPS) is 10.4. The van der Waals surface area contributed by atoms with E-state index < -0.39 is 6.09 Å². The molecule has 7 nitrogen and oxygen atoms in total. The number of nitrogens with one attached hydrogen (secondary N) is 2. The summed E-state index contributed by atoms with van der Waals surface area (Å²) in [7, 11) is 0. The highest BCUT2D eigenvalue weighted by Gasteiger charge is 2.14. The SMILES string of the molecule is Cc1csc(NC(=O)Oc2nc(C)ccc2Nc2cnccc2C)n1. The summed E-state index contributed by atoms with van der Waals surface area (Å²) in [4.78, 5) is 24.7. The van der Waals surface area contributed by atoms with Gasteiger partial charge in [0.1, 0.15) is 5.69 Å². The lowest BCUT2D eigenvalue weighted by Gasteiger charge is -2.13. The Kier molecular flexibility index (Phi) is 4.90. The van der Waals surface area contributed by atoms with Crippen molar-refractivity contribution in [2.24, 2.45) is 0 Å². The van der Waals surface area contributed by atoms with E-state index in [2.05, 4.69) is 25.6 Å². The molecule has 3 aromatic rings. The number of nitrogens with zero attached hydrogens (tertiary/aromatic N) is 3. The minimum Gasteiger partial charge on any atom is -0.389 e. The molecule has 128 valence electrons. The van der Waals surface area contributed by atoms with Gasteiger partial charge in [-0.05, 0) is 44.5 Å². The van der Waals surface area contributed by atoms with Crippen molar-refractivity contribution >= 4 is 33.9 Å². The maximum absolute atomic E-state index is 12.1. The van der Waals surface area contributed by atoms with E-state index in [0.29, 0.717) is 10.8 Å². The molecule has 0 aliphatic carbocycles. The number of anilines is 3. The topological polar surface area (TPSA) is 89.0 Å². The molecule has 8 heteroatoms. The molecule has 0 aliphatic heterocycles. The van der Waals surface area contributed by atoms with E-state index in [1.807, 2.05) is 44.4 Å². The second-order valence-electron chi connectivity index (χ2n) is 5.43. The first-order chi connectivity index (χ1) is 12.0. The molecule has 3 heterocycles. The fraction of sp³-hybridized carbons (Fsp3) is 0.176. The van der Waals surface area contributed by atoms with Crippen LogP contribution in [0.5, 0.6) is 5.88 Å². The molecule has 0 spiro atoms. The second-order valence-corrected chi connectivity index (χ2v) is 6.29. The standard InChI is InChI=1S/C17H17N5O2S/c1-10-6-7-18-8-14(10)21-13-5-4-11(2)19-15(13)24-17(23)22-16-20-12(3)9-25-16/h4-9,21H,1-3H3,(H,20,22,23). The number of amides is 1. The van der Waals surface area contributed by atoms with Gasteiger partial charge in [-0.15, -0.1) is 11.3 Å². The fourth-order valence-electron chi connectivity index (χ4n) is 2.06. The third-order valence-electron chi connectivity index (χ3n) is 3.33. The minimum atomic E-state index is -0.640. The summed E-state index contributed by atoms with van der Waals surface area (Å²) in [6.45, 7) is 5.64. The first-order valence-electron chi connectivity index (χ1n) is 7.57. The Morgan fingerprint density at radius 2 is 1.92 bits per heavy atom. The van der Waals surface area contributed by atoms with Gasteiger partial charge < -0.3 is 10.1 Å². The zero-order chi connectivity index (χ0) is 17.8. The van der Waals surface area contributed by atoms with Crippen molar-refractivity contribution in [2.75, 3.05) is 10.6 Å². The van der Waals surface area contributed by atoms with Gasteiger partial charge in [0.15, 0.2) is 5.13 Å². The zero-order valence-corrected chi connectivity index (χ0v) is 14.8. The minimum absolute atomic E-state index is 0.189. The predicted octanol–water partition coefficient (Wildman–Crippen LogP) is 4.21. The van der Waals surface area contributed by atoms with E-state index in [-0.39, 0.29) is 5.88 Å². The Balaban J connectivity index is 1.79. The number of rotatable bonds is 4. The Morgan fingerprint density at radius 3 is 2.64 bits per heavy atom. The van der Waals surface area contributed by atoms with Crippen LogP contribution in [0.2, 0.25) is 0 Å². The Labute approximate surface area is 149 Å². The number of hydrogen-bond acceptors (Lipinski definition) is 7. The lowest BCUT2D eigenvalue weighted by atomic mass is 10.2. The van der Waals surface area contributed by atoms with Gasteiger partial charge in [-0.1, -0.05) is 0 Å². The van der Waals surface area contributed by atoms with Crippen LogP contribution in [0.25, 0.3) is 0 Å². The van der Waals surface area contributed by atoms with E-state index in [4.69, 9.17) is 4.74 Å². The Hall–Kier alpha value is -3.00. The molecule has 25 heavy (non-hydrogen) atoms. The molecule has 1 amide bonds. The number of aryl methyl sites for hydroxylation is 3. The second kappa shape index (κ2) is 7.27. The predicted molar refractivity (Wildman–Crippen MR) is 97.7 cm³/mol. The average molecular weight is 355 g/mol. The highest BCUT2D eigenvalue weighted by Crippen LogP contribution is 2.27. The van der Waals surface area contributed by atoms with Crippen LogP contribution in [0, 0.1) is 20.8 Å². The van der Waals surface area contributed by atoms with Crippen LogP contribution in [0.3, 0.4) is 0 Å². The number of ether oxygens (including phenoxy) is 1. The molecule has 0 atom stereocenters. The zero-order valence-electron chi connectivity index (χ0n) is 14.0. The van der Waals surface area contributed by atoms with E-state index in [0.717, 1.165) is 22.6 Å². The van der Waals surface area contributed by atoms with Crippen molar-refractivity contribution in [1.29, 1.82) is 0 Å². The molecule has 0 aliphatic rings. The number of pyridine rings is 2. The first kappa shape index (κ1) is 16.8. The first-order valence-corrected chi connectivity index (χ1v) is 8.45. The summed E-state index contributed by atoms with van der Waals surface area (Å²) < 4.78 is 5.37. The smallest absolute Gasteiger partial charge is 0.389 e. The van der Waals surface area contributed by atoms with Crippen molar-refractivity contribution in [1.82, 2.24) is 15.0 Å². The van der Waals surface area contributed by atoms with Gasteiger partial charge in [-0.25, -0.2) is 14.8 Å². The molecule has 0 bridgehead atoms. The van der Waals surface area contributed by atoms with Crippen LogP contribution in [0.15, 0.2) is 36.0 Å². The van der Waals surface area contributed by atoms with Crippen molar-refractivity contribution in [3.8, 4) is 5.88 Å². The number of carbonyl (C=O) groups is 1. The van der Waals surface area contributed by atoms with Crippen molar-refractivity contribution in [2.45, 2.75) is 20.8 Å². The van der Waals surface area contributed by atoms with E-state index in [1.165, 1.54) is 11.3 Å². The highest BCUT2D eigenvalue weighted by molar-refractivity contribution is 7.13. The average Bonchev–Trinajstić information content (AvgIpc) is 2.96. The van der Waals surface area contributed by atoms with Crippen LogP contribution < -0.4 is 15.4 Å². The van der Waals surface area contributed by atoms with Gasteiger partial charge in [0.2, 0.25) is 5.88 Å². The molecule has 0 radical (unpaired) electrons. The molecule has 2 N–H and O–H groups in total. The largest absolute Gasteiger partial charge is 0.420 e.